The molecular formula is C18H35N5O. The molecule has 0 radical (unpaired) electrons. The largest absolute Gasteiger partial charge is 0.369 e. The van der Waals surface area contributed by atoms with Gasteiger partial charge in [-0.05, 0) is 57.2 Å². The molecule has 6 nitrogen and oxygen atoms in total. The Morgan fingerprint density at radius 3 is 2.50 bits per heavy atom. The zero-order valence-corrected chi connectivity index (χ0v) is 15.7. The van der Waals surface area contributed by atoms with Crippen molar-refractivity contribution in [2.24, 2.45) is 22.1 Å². The highest BCUT2D eigenvalue weighted by atomic mass is 16.1. The number of carbonyl (C=O) groups excluding carboxylic acids is 1. The SMILES string of the molecule is CN=C(NCCCCN1CCC(C(N)=O)CC1)N1CCC(C)(C)C1. The molecule has 138 valence electrons. The van der Waals surface area contributed by atoms with E-state index in [2.05, 4.69) is 34.0 Å². The number of unbranched alkanes of at least 4 members (excludes halogenated alkanes) is 1. The fourth-order valence-corrected chi connectivity index (χ4v) is 3.73. The molecule has 2 heterocycles. The second-order valence-electron chi connectivity index (χ2n) is 8.04. The number of hydrogen-bond acceptors (Lipinski definition) is 3. The Labute approximate surface area is 146 Å². The number of piperidine rings is 1. The van der Waals surface area contributed by atoms with Crippen LogP contribution in [0.4, 0.5) is 0 Å². The van der Waals surface area contributed by atoms with Crippen LogP contribution in [0.5, 0.6) is 0 Å². The molecule has 0 aliphatic carbocycles. The first-order valence-corrected chi connectivity index (χ1v) is 9.38. The Kier molecular flexibility index (Phi) is 6.90. The molecular weight excluding hydrogens is 302 g/mol. The lowest BCUT2D eigenvalue weighted by Gasteiger charge is -2.30. The number of carbonyl (C=O) groups is 1. The van der Waals surface area contributed by atoms with Crippen LogP contribution in [0.1, 0.15) is 46.0 Å². The summed E-state index contributed by atoms with van der Waals surface area (Å²) in [4.78, 5) is 20.4. The van der Waals surface area contributed by atoms with Crippen LogP contribution in [0.2, 0.25) is 0 Å². The Hall–Kier alpha value is -1.30. The minimum absolute atomic E-state index is 0.0935. The molecule has 0 aromatic rings. The molecule has 1 amide bonds. The maximum atomic E-state index is 11.2. The first kappa shape index (κ1) is 19.0. The van der Waals surface area contributed by atoms with E-state index < -0.39 is 0 Å². The van der Waals surface area contributed by atoms with Gasteiger partial charge in [0.15, 0.2) is 5.96 Å². The monoisotopic (exact) mass is 337 g/mol. The Balaban J connectivity index is 1.57. The summed E-state index contributed by atoms with van der Waals surface area (Å²) >= 11 is 0. The van der Waals surface area contributed by atoms with Crippen molar-refractivity contribution in [1.82, 2.24) is 15.1 Å². The molecule has 0 bridgehead atoms. The number of rotatable bonds is 6. The van der Waals surface area contributed by atoms with Gasteiger partial charge >= 0.3 is 0 Å². The molecule has 0 aromatic heterocycles. The number of nitrogens with one attached hydrogen (secondary N) is 1. The van der Waals surface area contributed by atoms with Gasteiger partial charge in [0, 0.05) is 32.6 Å². The summed E-state index contributed by atoms with van der Waals surface area (Å²) < 4.78 is 0. The van der Waals surface area contributed by atoms with E-state index in [1.54, 1.807) is 0 Å². The van der Waals surface area contributed by atoms with E-state index in [4.69, 9.17) is 5.73 Å². The molecule has 0 aromatic carbocycles. The second kappa shape index (κ2) is 8.70. The van der Waals surface area contributed by atoms with Crippen LogP contribution in [-0.4, -0.2) is 68.0 Å². The second-order valence-corrected chi connectivity index (χ2v) is 8.04. The highest BCUT2D eigenvalue weighted by Crippen LogP contribution is 2.28. The Bertz CT molecular complexity index is 441. The summed E-state index contributed by atoms with van der Waals surface area (Å²) in [5, 5.41) is 3.51. The fraction of sp³-hybridized carbons (Fsp3) is 0.889. The molecule has 2 saturated heterocycles. The van der Waals surface area contributed by atoms with Crippen LogP contribution in [0.3, 0.4) is 0 Å². The number of nitrogens with two attached hydrogens (primary N) is 1. The summed E-state index contributed by atoms with van der Waals surface area (Å²) in [5.74, 6) is 1.01. The molecule has 24 heavy (non-hydrogen) atoms. The van der Waals surface area contributed by atoms with Crippen molar-refractivity contribution < 1.29 is 4.79 Å². The zero-order valence-electron chi connectivity index (χ0n) is 15.7. The van der Waals surface area contributed by atoms with Crippen molar-refractivity contribution in [2.75, 3.05) is 46.3 Å². The molecule has 3 N–H and O–H groups in total. The molecule has 0 spiro atoms. The number of nitrogens with zero attached hydrogens (tertiary/aromatic N) is 3. The summed E-state index contributed by atoms with van der Waals surface area (Å²) in [7, 11) is 1.87. The van der Waals surface area contributed by atoms with Gasteiger partial charge in [-0.3, -0.25) is 9.79 Å². The van der Waals surface area contributed by atoms with E-state index >= 15 is 0 Å². The maximum Gasteiger partial charge on any atom is 0.220 e. The number of guanidine groups is 1. The van der Waals surface area contributed by atoms with E-state index in [0.29, 0.717) is 5.41 Å². The van der Waals surface area contributed by atoms with Gasteiger partial charge in [0.25, 0.3) is 0 Å². The molecule has 0 atom stereocenters. The number of primary amides is 1. The lowest BCUT2D eigenvalue weighted by Crippen LogP contribution is -2.41. The van der Waals surface area contributed by atoms with Crippen LogP contribution >= 0.6 is 0 Å². The number of hydrogen-bond donors (Lipinski definition) is 2. The van der Waals surface area contributed by atoms with Gasteiger partial charge in [-0.15, -0.1) is 0 Å². The molecule has 0 unspecified atom stereocenters. The van der Waals surface area contributed by atoms with Gasteiger partial charge in [0.1, 0.15) is 0 Å². The predicted molar refractivity (Wildman–Crippen MR) is 98.9 cm³/mol. The molecule has 2 aliphatic rings. The third-order valence-electron chi connectivity index (χ3n) is 5.36. The van der Waals surface area contributed by atoms with Crippen LogP contribution in [-0.2, 0) is 4.79 Å². The quantitative estimate of drug-likeness (QED) is 0.435. The van der Waals surface area contributed by atoms with Crippen LogP contribution < -0.4 is 11.1 Å². The highest BCUT2D eigenvalue weighted by molar-refractivity contribution is 5.80. The predicted octanol–water partition coefficient (Wildman–Crippen LogP) is 1.27. The summed E-state index contributed by atoms with van der Waals surface area (Å²) in [6.07, 6.45) is 5.40. The molecule has 0 saturated carbocycles. The summed E-state index contributed by atoms with van der Waals surface area (Å²) in [6.45, 7) is 10.9. The van der Waals surface area contributed by atoms with Crippen LogP contribution in [0, 0.1) is 11.3 Å². The van der Waals surface area contributed by atoms with Crippen molar-refractivity contribution in [3.8, 4) is 0 Å². The third-order valence-corrected chi connectivity index (χ3v) is 5.36. The van der Waals surface area contributed by atoms with E-state index in [9.17, 15) is 4.79 Å². The van der Waals surface area contributed by atoms with Crippen molar-refractivity contribution in [3.63, 3.8) is 0 Å². The number of amides is 1. The summed E-state index contributed by atoms with van der Waals surface area (Å²) in [5.41, 5.74) is 5.78. The smallest absolute Gasteiger partial charge is 0.220 e. The number of likely N-dealkylation sites (tertiary alicyclic amines) is 2. The van der Waals surface area contributed by atoms with Crippen molar-refractivity contribution in [3.05, 3.63) is 0 Å². The topological polar surface area (TPSA) is 74.0 Å². The molecule has 2 aliphatic heterocycles. The average Bonchev–Trinajstić information content (AvgIpc) is 2.91. The summed E-state index contributed by atoms with van der Waals surface area (Å²) in [6, 6.07) is 0. The van der Waals surface area contributed by atoms with Crippen molar-refractivity contribution in [2.45, 2.75) is 46.0 Å². The Morgan fingerprint density at radius 1 is 1.25 bits per heavy atom. The third kappa shape index (κ3) is 5.65. The van der Waals surface area contributed by atoms with Gasteiger partial charge in [-0.2, -0.15) is 0 Å². The van der Waals surface area contributed by atoms with Crippen molar-refractivity contribution >= 4 is 11.9 Å². The number of aliphatic imine (C=N–C) groups is 1. The zero-order chi connectivity index (χ0) is 17.6. The average molecular weight is 338 g/mol. The molecule has 2 rings (SSSR count). The van der Waals surface area contributed by atoms with E-state index in [0.717, 1.165) is 64.5 Å². The van der Waals surface area contributed by atoms with Gasteiger partial charge in [-0.25, -0.2) is 0 Å². The minimum Gasteiger partial charge on any atom is -0.369 e. The van der Waals surface area contributed by atoms with Gasteiger partial charge in [0.05, 0.1) is 0 Å². The first-order valence-electron chi connectivity index (χ1n) is 9.38. The van der Waals surface area contributed by atoms with Gasteiger partial charge in [0.2, 0.25) is 5.91 Å². The van der Waals surface area contributed by atoms with E-state index in [1.165, 1.54) is 12.8 Å². The molecule has 6 heteroatoms. The Morgan fingerprint density at radius 2 is 1.96 bits per heavy atom. The van der Waals surface area contributed by atoms with E-state index in [1.807, 2.05) is 7.05 Å². The van der Waals surface area contributed by atoms with Gasteiger partial charge < -0.3 is 20.9 Å². The normalized spacial score (nSPS) is 22.8. The van der Waals surface area contributed by atoms with Crippen molar-refractivity contribution in [1.29, 1.82) is 0 Å². The first-order chi connectivity index (χ1) is 11.4. The highest BCUT2D eigenvalue weighted by Gasteiger charge is 2.30. The maximum absolute atomic E-state index is 11.2. The van der Waals surface area contributed by atoms with E-state index in [-0.39, 0.29) is 11.8 Å². The standard InChI is InChI=1S/C18H35N5O/c1-18(2)8-13-23(14-18)17(20-3)21-9-4-5-10-22-11-6-15(7-12-22)16(19)24/h15H,4-14H2,1-3H3,(H2,19,24)(H,20,21). The van der Waals surface area contributed by atoms with Crippen LogP contribution in [0.25, 0.3) is 0 Å². The lowest BCUT2D eigenvalue weighted by molar-refractivity contribution is -0.123. The van der Waals surface area contributed by atoms with Gasteiger partial charge in [-0.1, -0.05) is 13.8 Å². The minimum atomic E-state index is -0.129. The fourth-order valence-electron chi connectivity index (χ4n) is 3.73. The molecule has 2 fully saturated rings. The lowest BCUT2D eigenvalue weighted by atomic mass is 9.93. The van der Waals surface area contributed by atoms with Crippen LogP contribution in [0.15, 0.2) is 4.99 Å².